The van der Waals surface area contributed by atoms with Crippen LogP contribution in [0.15, 0.2) is 58.3 Å². The molecule has 0 saturated carbocycles. The van der Waals surface area contributed by atoms with Gasteiger partial charge in [-0.25, -0.2) is 21.2 Å². The fourth-order valence-electron chi connectivity index (χ4n) is 4.25. The molecule has 2 heterocycles. The minimum absolute atomic E-state index is 0.0217. The number of piperidine rings is 1. The van der Waals surface area contributed by atoms with Gasteiger partial charge in [0.05, 0.1) is 9.79 Å². The van der Waals surface area contributed by atoms with E-state index in [1.807, 2.05) is 7.05 Å². The topological polar surface area (TPSA) is 107 Å². The number of carbonyl (C=O) groups is 1. The van der Waals surface area contributed by atoms with Gasteiger partial charge >= 0.3 is 0 Å². The van der Waals surface area contributed by atoms with Gasteiger partial charge in [0.25, 0.3) is 0 Å². The zero-order chi connectivity index (χ0) is 25.2. The lowest BCUT2D eigenvalue weighted by atomic mass is 9.97. The third kappa shape index (κ3) is 5.72. The number of nitrogens with one attached hydrogen (secondary N) is 1. The van der Waals surface area contributed by atoms with Crippen LogP contribution < -0.4 is 5.32 Å². The van der Waals surface area contributed by atoms with Gasteiger partial charge in [-0.15, -0.1) is 0 Å². The van der Waals surface area contributed by atoms with Crippen molar-refractivity contribution in [3.8, 4) is 0 Å². The maximum atomic E-state index is 13.1. The van der Waals surface area contributed by atoms with E-state index < -0.39 is 25.9 Å². The van der Waals surface area contributed by atoms with Crippen molar-refractivity contribution in [2.45, 2.75) is 22.6 Å². The molecule has 2 aliphatic heterocycles. The summed E-state index contributed by atoms with van der Waals surface area (Å²) in [4.78, 5) is 15.0. The van der Waals surface area contributed by atoms with Gasteiger partial charge in [-0.2, -0.15) is 8.61 Å². The van der Waals surface area contributed by atoms with E-state index in [0.29, 0.717) is 44.7 Å². The minimum Gasteiger partial charge on any atom is -0.326 e. The van der Waals surface area contributed by atoms with E-state index >= 15 is 0 Å². The zero-order valence-corrected chi connectivity index (χ0v) is 21.1. The summed E-state index contributed by atoms with van der Waals surface area (Å²) < 4.78 is 67.1. The van der Waals surface area contributed by atoms with Crippen molar-refractivity contribution >= 4 is 31.6 Å². The Balaban J connectivity index is 1.33. The first kappa shape index (κ1) is 25.7. The summed E-state index contributed by atoms with van der Waals surface area (Å²) >= 11 is 0. The molecule has 9 nitrogen and oxygen atoms in total. The normalized spacial score (nSPS) is 19.5. The second-order valence-corrected chi connectivity index (χ2v) is 12.7. The third-order valence-electron chi connectivity index (χ3n) is 6.50. The molecule has 2 saturated heterocycles. The van der Waals surface area contributed by atoms with E-state index in [0.717, 1.165) is 12.1 Å². The number of piperazine rings is 1. The van der Waals surface area contributed by atoms with Crippen molar-refractivity contribution in [2.75, 3.05) is 51.6 Å². The van der Waals surface area contributed by atoms with Crippen LogP contribution >= 0.6 is 0 Å². The van der Waals surface area contributed by atoms with Crippen LogP contribution in [0.5, 0.6) is 0 Å². The number of sulfonamides is 2. The molecule has 1 N–H and O–H groups in total. The first-order chi connectivity index (χ1) is 16.6. The zero-order valence-electron chi connectivity index (χ0n) is 19.4. The molecular weight excluding hydrogens is 495 g/mol. The summed E-state index contributed by atoms with van der Waals surface area (Å²) in [6.45, 7) is 2.59. The lowest BCUT2D eigenvalue weighted by molar-refractivity contribution is -0.120. The van der Waals surface area contributed by atoms with E-state index in [4.69, 9.17) is 0 Å². The van der Waals surface area contributed by atoms with Crippen molar-refractivity contribution < 1.29 is 26.0 Å². The summed E-state index contributed by atoms with van der Waals surface area (Å²) in [5.41, 5.74) is 0.480. The number of carbonyl (C=O) groups excluding carboxylic acids is 1. The highest BCUT2D eigenvalue weighted by Crippen LogP contribution is 2.26. The lowest BCUT2D eigenvalue weighted by Crippen LogP contribution is -2.46. The van der Waals surface area contributed by atoms with Gasteiger partial charge in [-0.3, -0.25) is 4.79 Å². The molecular formula is C23H29FN4O5S2. The van der Waals surface area contributed by atoms with E-state index in [-0.39, 0.29) is 34.7 Å². The Labute approximate surface area is 205 Å². The second kappa shape index (κ2) is 10.3. The number of likely N-dealkylation sites (N-methyl/N-ethyl adjacent to an activating group) is 1. The number of anilines is 1. The summed E-state index contributed by atoms with van der Waals surface area (Å²) in [5.74, 6) is -1.12. The smallest absolute Gasteiger partial charge is 0.243 e. The van der Waals surface area contributed by atoms with Crippen LogP contribution in [-0.4, -0.2) is 82.6 Å². The number of amides is 1. The van der Waals surface area contributed by atoms with Crippen molar-refractivity contribution in [1.82, 2.24) is 13.5 Å². The van der Waals surface area contributed by atoms with Crippen LogP contribution in [0.25, 0.3) is 0 Å². The maximum Gasteiger partial charge on any atom is 0.243 e. The molecule has 0 aliphatic carbocycles. The molecule has 0 bridgehead atoms. The molecule has 12 heteroatoms. The van der Waals surface area contributed by atoms with E-state index in [1.165, 1.54) is 32.9 Å². The maximum absolute atomic E-state index is 13.1. The van der Waals surface area contributed by atoms with Gasteiger partial charge in [0.2, 0.25) is 26.0 Å². The van der Waals surface area contributed by atoms with Crippen LogP contribution in [0.4, 0.5) is 10.1 Å². The number of halogens is 1. The van der Waals surface area contributed by atoms with E-state index in [1.54, 1.807) is 12.1 Å². The predicted octanol–water partition coefficient (Wildman–Crippen LogP) is 1.80. The van der Waals surface area contributed by atoms with E-state index in [2.05, 4.69) is 10.2 Å². The summed E-state index contributed by atoms with van der Waals surface area (Å²) in [5, 5.41) is 2.80. The van der Waals surface area contributed by atoms with Crippen LogP contribution in [0, 0.1) is 11.7 Å². The van der Waals surface area contributed by atoms with Gasteiger partial charge in [0.1, 0.15) is 5.82 Å². The monoisotopic (exact) mass is 524 g/mol. The largest absolute Gasteiger partial charge is 0.326 e. The van der Waals surface area contributed by atoms with Gasteiger partial charge in [0, 0.05) is 50.9 Å². The first-order valence-electron chi connectivity index (χ1n) is 11.4. The van der Waals surface area contributed by atoms with E-state index in [9.17, 15) is 26.0 Å². The average Bonchev–Trinajstić information content (AvgIpc) is 2.85. The molecule has 0 spiro atoms. The summed E-state index contributed by atoms with van der Waals surface area (Å²) in [6.07, 6.45) is 0.699. The minimum atomic E-state index is -3.75. The Morgan fingerprint density at radius 2 is 1.23 bits per heavy atom. The Hall–Kier alpha value is -2.38. The van der Waals surface area contributed by atoms with Gasteiger partial charge in [0.15, 0.2) is 0 Å². The molecule has 2 fully saturated rings. The van der Waals surface area contributed by atoms with Crippen LogP contribution in [0.3, 0.4) is 0 Å². The Morgan fingerprint density at radius 3 is 1.74 bits per heavy atom. The molecule has 0 radical (unpaired) electrons. The molecule has 2 aliphatic rings. The highest BCUT2D eigenvalue weighted by Gasteiger charge is 2.32. The highest BCUT2D eigenvalue weighted by atomic mass is 32.2. The molecule has 35 heavy (non-hydrogen) atoms. The van der Waals surface area contributed by atoms with Crippen LogP contribution in [-0.2, 0) is 24.8 Å². The number of nitrogens with zero attached hydrogens (tertiary/aromatic N) is 3. The molecule has 0 aromatic heterocycles. The fraction of sp³-hybridized carbons (Fsp3) is 0.435. The van der Waals surface area contributed by atoms with Crippen molar-refractivity contribution in [3.05, 3.63) is 54.3 Å². The van der Waals surface area contributed by atoms with Crippen molar-refractivity contribution in [2.24, 2.45) is 5.92 Å². The quantitative estimate of drug-likeness (QED) is 0.618. The standard InChI is InChI=1S/C23H29FN4O5S2/c1-26-14-16-28(17-15-26)35(32,33)22-8-4-20(5-9-22)25-23(29)18-10-12-27(13-11-18)34(30,31)21-6-2-19(24)3-7-21/h2-9,18H,10-17H2,1H3,(H,25,29). The molecule has 4 rings (SSSR count). The second-order valence-electron chi connectivity index (χ2n) is 8.85. The number of rotatable bonds is 6. The summed E-state index contributed by atoms with van der Waals surface area (Å²) in [7, 11) is -5.38. The molecule has 0 atom stereocenters. The molecule has 2 aromatic rings. The molecule has 1 amide bonds. The number of hydrogen-bond donors (Lipinski definition) is 1. The van der Waals surface area contributed by atoms with Crippen molar-refractivity contribution in [3.63, 3.8) is 0 Å². The number of benzene rings is 2. The van der Waals surface area contributed by atoms with Crippen LogP contribution in [0.1, 0.15) is 12.8 Å². The molecule has 2 aromatic carbocycles. The number of hydrogen-bond acceptors (Lipinski definition) is 6. The van der Waals surface area contributed by atoms with Gasteiger partial charge in [-0.1, -0.05) is 0 Å². The molecule has 190 valence electrons. The highest BCUT2D eigenvalue weighted by molar-refractivity contribution is 7.89. The van der Waals surface area contributed by atoms with Gasteiger partial charge in [-0.05, 0) is 68.4 Å². The summed E-state index contributed by atoms with van der Waals surface area (Å²) in [6, 6.07) is 10.8. The van der Waals surface area contributed by atoms with Crippen molar-refractivity contribution in [1.29, 1.82) is 0 Å². The Kier molecular flexibility index (Phi) is 7.57. The van der Waals surface area contributed by atoms with Gasteiger partial charge < -0.3 is 10.2 Å². The fourth-order valence-corrected chi connectivity index (χ4v) is 7.14. The Morgan fingerprint density at radius 1 is 0.771 bits per heavy atom. The predicted molar refractivity (Wildman–Crippen MR) is 129 cm³/mol. The lowest BCUT2D eigenvalue weighted by Gasteiger charge is -2.31. The SMILES string of the molecule is CN1CCN(S(=O)(=O)c2ccc(NC(=O)C3CCN(S(=O)(=O)c4ccc(F)cc4)CC3)cc2)CC1. The van der Waals surface area contributed by atoms with Crippen LogP contribution in [0.2, 0.25) is 0 Å². The Bertz CT molecular complexity index is 1250. The first-order valence-corrected chi connectivity index (χ1v) is 14.3. The average molecular weight is 525 g/mol. The third-order valence-corrected chi connectivity index (χ3v) is 10.3. The molecule has 0 unspecified atom stereocenters.